The molecule has 0 aromatic heterocycles. The van der Waals surface area contributed by atoms with Crippen LogP contribution in [-0.2, 0) is 4.74 Å². The van der Waals surface area contributed by atoms with Crippen molar-refractivity contribution in [2.75, 3.05) is 31.1 Å². The largest absolute Gasteiger partial charge is 0.444 e. The fourth-order valence-corrected chi connectivity index (χ4v) is 5.50. The van der Waals surface area contributed by atoms with Gasteiger partial charge in [-0.1, -0.05) is 0 Å². The number of likely N-dealkylation sites (tertiary alicyclic amines) is 1. The maximum absolute atomic E-state index is 14.3. The van der Waals surface area contributed by atoms with Crippen LogP contribution in [0.3, 0.4) is 0 Å². The number of nitro benzene ring substituents is 1. The number of nitro groups is 1. The van der Waals surface area contributed by atoms with E-state index in [1.807, 2.05) is 25.7 Å². The molecule has 0 unspecified atom stereocenters. The number of non-ortho nitro benzene ring substituents is 1. The third-order valence-corrected chi connectivity index (χ3v) is 6.80. The van der Waals surface area contributed by atoms with Gasteiger partial charge in [0.2, 0.25) is 0 Å². The van der Waals surface area contributed by atoms with Gasteiger partial charge < -0.3 is 19.6 Å². The quantitative estimate of drug-likeness (QED) is 0.574. The number of amides is 1. The molecule has 1 amide bonds. The van der Waals surface area contributed by atoms with Crippen molar-refractivity contribution in [3.05, 3.63) is 34.1 Å². The Bertz CT molecular complexity index is 878. The second kappa shape index (κ2) is 7.32. The van der Waals surface area contributed by atoms with Crippen molar-refractivity contribution >= 4 is 17.5 Å². The Morgan fingerprint density at radius 1 is 1.26 bits per heavy atom. The van der Waals surface area contributed by atoms with Crippen LogP contribution in [0.2, 0.25) is 0 Å². The minimum atomic E-state index is -0.736. The molecule has 1 aromatic rings. The van der Waals surface area contributed by atoms with Gasteiger partial charge in [0.05, 0.1) is 22.3 Å². The average molecular weight is 435 g/mol. The van der Waals surface area contributed by atoms with Crippen LogP contribution in [-0.4, -0.2) is 58.4 Å². The van der Waals surface area contributed by atoms with Crippen molar-refractivity contribution in [2.24, 2.45) is 11.3 Å². The topological polar surface area (TPSA) is 96.2 Å². The van der Waals surface area contributed by atoms with Crippen LogP contribution in [0, 0.1) is 27.3 Å². The lowest BCUT2D eigenvalue weighted by Crippen LogP contribution is -2.71. The molecule has 8 nitrogen and oxygen atoms in total. The van der Waals surface area contributed by atoms with Crippen molar-refractivity contribution in [2.45, 2.75) is 57.7 Å². The van der Waals surface area contributed by atoms with E-state index >= 15 is 0 Å². The molecule has 1 aliphatic carbocycles. The summed E-state index contributed by atoms with van der Waals surface area (Å²) in [6, 6.07) is 3.73. The summed E-state index contributed by atoms with van der Waals surface area (Å²) >= 11 is 0. The van der Waals surface area contributed by atoms with Gasteiger partial charge in [-0.3, -0.25) is 10.1 Å². The highest BCUT2D eigenvalue weighted by Crippen LogP contribution is 2.58. The minimum Gasteiger partial charge on any atom is -0.444 e. The van der Waals surface area contributed by atoms with Crippen molar-refractivity contribution in [3.8, 4) is 0 Å². The number of anilines is 1. The van der Waals surface area contributed by atoms with Crippen molar-refractivity contribution in [1.82, 2.24) is 4.90 Å². The molecule has 1 spiro atoms. The van der Waals surface area contributed by atoms with E-state index in [0.717, 1.165) is 18.9 Å². The molecule has 2 saturated heterocycles. The lowest BCUT2D eigenvalue weighted by Gasteiger charge is -2.64. The minimum absolute atomic E-state index is 0.00668. The number of rotatable bonds is 3. The third kappa shape index (κ3) is 4.20. The number of carbonyl (C=O) groups is 1. The maximum atomic E-state index is 14.3. The summed E-state index contributed by atoms with van der Waals surface area (Å²) < 4.78 is 19.7. The molecular weight excluding hydrogens is 405 g/mol. The summed E-state index contributed by atoms with van der Waals surface area (Å²) in [4.78, 5) is 25.9. The molecule has 4 rings (SSSR count). The van der Waals surface area contributed by atoms with Gasteiger partial charge in [-0.15, -0.1) is 0 Å². The fourth-order valence-electron chi connectivity index (χ4n) is 5.50. The summed E-state index contributed by atoms with van der Waals surface area (Å²) in [5.74, 6) is -0.461. The predicted molar refractivity (Wildman–Crippen MR) is 112 cm³/mol. The smallest absolute Gasteiger partial charge is 0.410 e. The van der Waals surface area contributed by atoms with E-state index in [0.29, 0.717) is 44.7 Å². The van der Waals surface area contributed by atoms with Crippen LogP contribution in [0.25, 0.3) is 0 Å². The van der Waals surface area contributed by atoms with Gasteiger partial charge in [0, 0.05) is 37.7 Å². The Morgan fingerprint density at radius 3 is 2.39 bits per heavy atom. The predicted octanol–water partition coefficient (Wildman–Crippen LogP) is 3.71. The highest BCUT2D eigenvalue weighted by atomic mass is 19.1. The zero-order valence-corrected chi connectivity index (χ0v) is 18.3. The Hall–Kier alpha value is -2.42. The Morgan fingerprint density at radius 2 is 1.87 bits per heavy atom. The van der Waals surface area contributed by atoms with Crippen molar-refractivity contribution in [3.63, 3.8) is 0 Å². The van der Waals surface area contributed by atoms with Gasteiger partial charge >= 0.3 is 6.09 Å². The first-order valence-electron chi connectivity index (χ1n) is 10.8. The van der Waals surface area contributed by atoms with Crippen molar-refractivity contribution < 1.29 is 24.0 Å². The molecule has 0 bridgehead atoms. The lowest BCUT2D eigenvalue weighted by atomic mass is 9.51. The van der Waals surface area contributed by atoms with Crippen LogP contribution >= 0.6 is 0 Å². The molecule has 170 valence electrons. The Balaban J connectivity index is 1.28. The number of carbonyl (C=O) groups excluding carboxylic acids is 1. The first-order chi connectivity index (χ1) is 14.4. The highest BCUT2D eigenvalue weighted by Gasteiger charge is 2.63. The molecule has 1 N–H and O–H groups in total. The molecule has 0 atom stereocenters. The normalized spacial score (nSPS) is 22.6. The number of nitrogens with zero attached hydrogens (tertiary/aromatic N) is 3. The summed E-state index contributed by atoms with van der Waals surface area (Å²) in [5, 5.41) is 22.0. The Kier molecular flexibility index (Phi) is 5.15. The maximum Gasteiger partial charge on any atom is 0.410 e. The van der Waals surface area contributed by atoms with Gasteiger partial charge in [0.1, 0.15) is 5.60 Å². The van der Waals surface area contributed by atoms with E-state index in [-0.39, 0.29) is 23.1 Å². The van der Waals surface area contributed by atoms with E-state index in [4.69, 9.17) is 4.74 Å². The standard InChI is InChI=1S/C22H30FN3O5/c1-20(2,3)31-19(27)25-13-21(14-25)11-22(28,12-21)15-6-8-24(9-7-15)18-5-4-16(26(29)30)10-17(18)23/h4-5,10,15,28H,6-9,11-14H2,1-3H3. The SMILES string of the molecule is CC(C)(C)OC(=O)N1CC2(C1)CC(O)(C1CCN(c3ccc([N+](=O)[O-])cc3F)CC1)C2. The molecule has 3 aliphatic rings. The van der Waals surface area contributed by atoms with Gasteiger partial charge in [-0.05, 0) is 58.4 Å². The van der Waals surface area contributed by atoms with Crippen LogP contribution in [0.1, 0.15) is 46.5 Å². The number of halogens is 1. The van der Waals surface area contributed by atoms with E-state index in [2.05, 4.69) is 0 Å². The zero-order chi connectivity index (χ0) is 22.6. The van der Waals surface area contributed by atoms with Gasteiger partial charge in [0.15, 0.2) is 5.82 Å². The molecular formula is C22H30FN3O5. The molecule has 1 aromatic carbocycles. The lowest BCUT2D eigenvalue weighted by molar-refractivity contribution is -0.385. The third-order valence-electron chi connectivity index (χ3n) is 6.80. The molecule has 3 fully saturated rings. The Labute approximate surface area is 181 Å². The number of benzene rings is 1. The van der Waals surface area contributed by atoms with Crippen LogP contribution < -0.4 is 4.90 Å². The van der Waals surface area contributed by atoms with E-state index in [1.165, 1.54) is 12.1 Å². The molecule has 2 aliphatic heterocycles. The molecule has 1 saturated carbocycles. The van der Waals surface area contributed by atoms with E-state index in [1.54, 1.807) is 4.90 Å². The zero-order valence-electron chi connectivity index (χ0n) is 18.3. The van der Waals surface area contributed by atoms with E-state index < -0.39 is 21.9 Å². The highest BCUT2D eigenvalue weighted by molar-refractivity contribution is 5.69. The first-order valence-corrected chi connectivity index (χ1v) is 10.8. The summed E-state index contributed by atoms with van der Waals surface area (Å²) in [6.07, 6.45) is 2.52. The number of ether oxygens (including phenoxy) is 1. The number of hydrogen-bond acceptors (Lipinski definition) is 6. The van der Waals surface area contributed by atoms with Gasteiger partial charge in [0.25, 0.3) is 5.69 Å². The fraction of sp³-hybridized carbons (Fsp3) is 0.682. The number of piperidine rings is 1. The number of hydrogen-bond donors (Lipinski definition) is 1. The monoisotopic (exact) mass is 435 g/mol. The van der Waals surface area contributed by atoms with Crippen LogP contribution in [0.5, 0.6) is 0 Å². The molecule has 9 heteroatoms. The van der Waals surface area contributed by atoms with E-state index in [9.17, 15) is 24.4 Å². The molecule has 31 heavy (non-hydrogen) atoms. The molecule has 0 radical (unpaired) electrons. The van der Waals surface area contributed by atoms with Gasteiger partial charge in [-0.25, -0.2) is 9.18 Å². The molecule has 2 heterocycles. The summed E-state index contributed by atoms with van der Waals surface area (Å²) in [7, 11) is 0. The second-order valence-electron chi connectivity index (χ2n) is 10.4. The van der Waals surface area contributed by atoms with Crippen LogP contribution in [0.4, 0.5) is 20.6 Å². The first kappa shape index (κ1) is 21.8. The summed E-state index contributed by atoms with van der Waals surface area (Å²) in [6.45, 7) is 7.97. The average Bonchev–Trinajstić information content (AvgIpc) is 2.62. The number of aliphatic hydroxyl groups is 1. The van der Waals surface area contributed by atoms with Crippen LogP contribution in [0.15, 0.2) is 18.2 Å². The second-order valence-corrected chi connectivity index (χ2v) is 10.4. The van der Waals surface area contributed by atoms with Gasteiger partial charge in [-0.2, -0.15) is 0 Å². The van der Waals surface area contributed by atoms with Crippen molar-refractivity contribution in [1.29, 1.82) is 0 Å². The summed E-state index contributed by atoms with van der Waals surface area (Å²) in [5.41, 5.74) is -1.15.